The lowest BCUT2D eigenvalue weighted by Gasteiger charge is -2.01. The first-order valence-corrected chi connectivity index (χ1v) is 10.3. The van der Waals surface area contributed by atoms with Gasteiger partial charge in [0.1, 0.15) is 0 Å². The monoisotopic (exact) mass is 417 g/mol. The van der Waals surface area contributed by atoms with Crippen molar-refractivity contribution in [3.05, 3.63) is 88.2 Å². The summed E-state index contributed by atoms with van der Waals surface area (Å²) in [6.07, 6.45) is 7.27. The number of rotatable bonds is 4. The first-order valence-electron chi connectivity index (χ1n) is 9.13. The third-order valence-electron chi connectivity index (χ3n) is 4.84. The zero-order valence-corrected chi connectivity index (χ0v) is 17.1. The molecule has 0 amide bonds. The molecule has 0 saturated carbocycles. The molecule has 0 bridgehead atoms. The average molecular weight is 418 g/mol. The van der Waals surface area contributed by atoms with Crippen LogP contribution in [-0.2, 0) is 0 Å². The molecule has 0 saturated heterocycles. The molecular formula is C23H16ClN3OS. The van der Waals surface area contributed by atoms with E-state index in [1.807, 2.05) is 72.1 Å². The van der Waals surface area contributed by atoms with Crippen LogP contribution >= 0.6 is 22.9 Å². The number of H-pyrrole nitrogens is 1. The molecule has 5 aromatic rings. The molecule has 6 heteroatoms. The number of aromatic amines is 1. The summed E-state index contributed by atoms with van der Waals surface area (Å²) >= 11 is 7.66. The number of allylic oxidation sites excluding steroid dienone is 1. The van der Waals surface area contributed by atoms with Crippen LogP contribution in [0.2, 0.25) is 5.02 Å². The van der Waals surface area contributed by atoms with Gasteiger partial charge in [0.05, 0.1) is 11.4 Å². The lowest BCUT2D eigenvalue weighted by atomic mass is 10.1. The van der Waals surface area contributed by atoms with E-state index in [0.29, 0.717) is 10.6 Å². The number of carbonyl (C=O) groups excluding carboxylic acids is 1. The van der Waals surface area contributed by atoms with E-state index in [0.717, 1.165) is 37.7 Å². The van der Waals surface area contributed by atoms with Crippen LogP contribution in [0.5, 0.6) is 0 Å². The van der Waals surface area contributed by atoms with E-state index in [-0.39, 0.29) is 5.78 Å². The van der Waals surface area contributed by atoms with Gasteiger partial charge in [0.15, 0.2) is 10.7 Å². The highest BCUT2D eigenvalue weighted by Gasteiger charge is 2.15. The number of carbonyl (C=O) groups is 1. The Hall–Kier alpha value is -3.15. The Morgan fingerprint density at radius 2 is 1.97 bits per heavy atom. The summed E-state index contributed by atoms with van der Waals surface area (Å²) in [6, 6.07) is 15.4. The lowest BCUT2D eigenvalue weighted by molar-refractivity contribution is 0.104. The standard InChI is InChI=1S/C23H16ClN3OS/c1-14-13-27-20(22(26-23(27)29-14)15-6-8-16(24)9-7-15)10-11-21(28)18-12-25-19-5-3-2-4-17(18)19/h2-13,25H,1H3/b11-10+. The largest absolute Gasteiger partial charge is 0.360 e. The topological polar surface area (TPSA) is 50.2 Å². The molecule has 1 N–H and O–H groups in total. The van der Waals surface area contributed by atoms with Crippen molar-refractivity contribution in [2.75, 3.05) is 0 Å². The van der Waals surface area contributed by atoms with Gasteiger partial charge in [0.25, 0.3) is 0 Å². The second kappa shape index (κ2) is 7.03. The fourth-order valence-electron chi connectivity index (χ4n) is 3.47. The van der Waals surface area contributed by atoms with Crippen LogP contribution in [0.1, 0.15) is 20.9 Å². The van der Waals surface area contributed by atoms with Gasteiger partial charge in [-0.1, -0.05) is 41.9 Å². The summed E-state index contributed by atoms with van der Waals surface area (Å²) in [5.74, 6) is -0.0496. The number of hydrogen-bond donors (Lipinski definition) is 1. The maximum Gasteiger partial charge on any atom is 0.194 e. The highest BCUT2D eigenvalue weighted by molar-refractivity contribution is 7.17. The Balaban J connectivity index is 1.59. The van der Waals surface area contributed by atoms with Crippen LogP contribution in [0.25, 0.3) is 33.2 Å². The number of benzene rings is 2. The Bertz CT molecular complexity index is 1390. The van der Waals surface area contributed by atoms with Crippen molar-refractivity contribution < 1.29 is 4.79 Å². The zero-order chi connectivity index (χ0) is 20.0. The minimum absolute atomic E-state index is 0.0496. The van der Waals surface area contributed by atoms with Crippen LogP contribution in [0.4, 0.5) is 0 Å². The van der Waals surface area contributed by atoms with Gasteiger partial charge in [-0.2, -0.15) is 0 Å². The number of aromatic nitrogens is 3. The third-order valence-corrected chi connectivity index (χ3v) is 5.99. The second-order valence-corrected chi connectivity index (χ2v) is 8.44. The number of nitrogens with zero attached hydrogens (tertiary/aromatic N) is 2. The van der Waals surface area contributed by atoms with Gasteiger partial charge >= 0.3 is 0 Å². The molecule has 2 aromatic carbocycles. The molecule has 0 spiro atoms. The molecule has 0 aliphatic rings. The molecule has 0 aliphatic heterocycles. The van der Waals surface area contributed by atoms with Crippen LogP contribution < -0.4 is 0 Å². The first kappa shape index (κ1) is 17.9. The van der Waals surface area contributed by atoms with Gasteiger partial charge in [-0.3, -0.25) is 9.20 Å². The van der Waals surface area contributed by atoms with Gasteiger partial charge in [-0.25, -0.2) is 4.98 Å². The van der Waals surface area contributed by atoms with Crippen molar-refractivity contribution >= 4 is 50.7 Å². The number of imidazole rings is 1. The quantitative estimate of drug-likeness (QED) is 0.271. The number of hydrogen-bond acceptors (Lipinski definition) is 3. The van der Waals surface area contributed by atoms with Gasteiger partial charge in [-0.15, -0.1) is 11.3 Å². The summed E-state index contributed by atoms with van der Waals surface area (Å²) in [4.78, 5) is 22.9. The molecule has 0 atom stereocenters. The number of halogens is 1. The van der Waals surface area contributed by atoms with Gasteiger partial charge in [0, 0.05) is 44.3 Å². The first-order chi connectivity index (χ1) is 14.1. The average Bonchev–Trinajstić information content (AvgIpc) is 3.39. The minimum Gasteiger partial charge on any atom is -0.360 e. The number of thiazole rings is 1. The van der Waals surface area contributed by atoms with Gasteiger partial charge < -0.3 is 4.98 Å². The van der Waals surface area contributed by atoms with Crippen LogP contribution in [0.15, 0.2) is 67.0 Å². The molecule has 0 aliphatic carbocycles. The summed E-state index contributed by atoms with van der Waals surface area (Å²) < 4.78 is 2.03. The summed E-state index contributed by atoms with van der Waals surface area (Å²) in [7, 11) is 0. The van der Waals surface area contributed by atoms with E-state index in [1.54, 1.807) is 23.6 Å². The predicted octanol–water partition coefficient (Wildman–Crippen LogP) is 6.40. The van der Waals surface area contributed by atoms with E-state index in [2.05, 4.69) is 4.98 Å². The Morgan fingerprint density at radius 3 is 2.79 bits per heavy atom. The molecule has 0 fully saturated rings. The fraction of sp³-hybridized carbons (Fsp3) is 0.0435. The maximum absolute atomic E-state index is 12.9. The smallest absolute Gasteiger partial charge is 0.194 e. The van der Waals surface area contributed by atoms with E-state index in [1.165, 1.54) is 0 Å². The molecule has 3 heterocycles. The zero-order valence-electron chi connectivity index (χ0n) is 15.5. The maximum atomic E-state index is 12.9. The van der Waals surface area contributed by atoms with Crippen molar-refractivity contribution in [3.63, 3.8) is 0 Å². The van der Waals surface area contributed by atoms with Gasteiger partial charge in [0.2, 0.25) is 0 Å². The van der Waals surface area contributed by atoms with Crippen LogP contribution in [0.3, 0.4) is 0 Å². The molecule has 0 unspecified atom stereocenters. The lowest BCUT2D eigenvalue weighted by Crippen LogP contribution is -1.93. The van der Waals surface area contributed by atoms with Gasteiger partial charge in [-0.05, 0) is 37.3 Å². The van der Waals surface area contributed by atoms with E-state index in [4.69, 9.17) is 16.6 Å². The summed E-state index contributed by atoms with van der Waals surface area (Å²) in [6.45, 7) is 2.05. The predicted molar refractivity (Wildman–Crippen MR) is 120 cm³/mol. The Kier molecular flexibility index (Phi) is 4.34. The summed E-state index contributed by atoms with van der Waals surface area (Å²) in [5.41, 5.74) is 4.27. The summed E-state index contributed by atoms with van der Waals surface area (Å²) in [5, 5.41) is 1.60. The molecular weight excluding hydrogens is 402 g/mol. The fourth-order valence-corrected chi connectivity index (χ4v) is 4.43. The van der Waals surface area contributed by atoms with E-state index in [9.17, 15) is 4.79 Å². The van der Waals surface area contributed by atoms with Crippen molar-refractivity contribution in [2.45, 2.75) is 6.92 Å². The Labute approximate surface area is 176 Å². The molecule has 142 valence electrons. The van der Waals surface area contributed by atoms with Crippen molar-refractivity contribution in [2.24, 2.45) is 0 Å². The second-order valence-electron chi connectivity index (χ2n) is 6.79. The van der Waals surface area contributed by atoms with Crippen molar-refractivity contribution in [1.29, 1.82) is 0 Å². The van der Waals surface area contributed by atoms with Crippen LogP contribution in [-0.4, -0.2) is 20.2 Å². The van der Waals surface area contributed by atoms with Crippen LogP contribution in [0, 0.1) is 6.92 Å². The normalized spacial score (nSPS) is 11.8. The number of ketones is 1. The number of fused-ring (bicyclic) bond motifs is 2. The number of para-hydroxylation sites is 1. The Morgan fingerprint density at radius 1 is 1.17 bits per heavy atom. The van der Waals surface area contributed by atoms with E-state index < -0.39 is 0 Å². The van der Waals surface area contributed by atoms with E-state index >= 15 is 0 Å². The minimum atomic E-state index is -0.0496. The molecule has 3 aromatic heterocycles. The highest BCUT2D eigenvalue weighted by Crippen LogP contribution is 2.30. The highest BCUT2D eigenvalue weighted by atomic mass is 35.5. The molecule has 0 radical (unpaired) electrons. The third kappa shape index (κ3) is 3.18. The molecule has 5 rings (SSSR count). The number of aryl methyl sites for hydroxylation is 1. The van der Waals surface area contributed by atoms with Crippen molar-refractivity contribution in [1.82, 2.24) is 14.4 Å². The van der Waals surface area contributed by atoms with Crippen molar-refractivity contribution in [3.8, 4) is 11.3 Å². The molecule has 4 nitrogen and oxygen atoms in total. The SMILES string of the molecule is Cc1cn2c(/C=C/C(=O)c3c[nH]c4ccccc34)c(-c3ccc(Cl)cc3)nc2s1. The number of nitrogens with one attached hydrogen (secondary N) is 1. The molecule has 29 heavy (non-hydrogen) atoms.